The summed E-state index contributed by atoms with van der Waals surface area (Å²) in [6, 6.07) is 8.83. The van der Waals surface area contributed by atoms with Gasteiger partial charge in [0, 0.05) is 24.9 Å². The molecule has 136 valence electrons. The summed E-state index contributed by atoms with van der Waals surface area (Å²) in [7, 11) is 1.56. The number of hydrogen-bond acceptors (Lipinski definition) is 6. The van der Waals surface area contributed by atoms with Crippen LogP contribution >= 0.6 is 11.6 Å². The van der Waals surface area contributed by atoms with Gasteiger partial charge in [0.1, 0.15) is 0 Å². The molecule has 0 unspecified atom stereocenters. The van der Waals surface area contributed by atoms with Crippen LogP contribution in [0, 0.1) is 17.0 Å². The maximum absolute atomic E-state index is 12.2. The number of amides is 1. The minimum atomic E-state index is -0.858. The molecule has 0 atom stereocenters. The monoisotopic (exact) mass is 377 g/mol. The van der Waals surface area contributed by atoms with Gasteiger partial charge in [0.05, 0.1) is 21.2 Å². The van der Waals surface area contributed by atoms with Gasteiger partial charge in [-0.05, 0) is 30.7 Å². The standard InChI is InChI=1S/C17H16ClN3O5/c1-10-3-5-15(13(18)7-10)20-16(22)9-26-17(23)12-8-11(21(24)25)4-6-14(12)19-2/h3-8,19H,9H2,1-2H3,(H,20,22). The van der Waals surface area contributed by atoms with Crippen molar-refractivity contribution in [1.29, 1.82) is 0 Å². The molecular weight excluding hydrogens is 362 g/mol. The predicted molar refractivity (Wildman–Crippen MR) is 97.7 cm³/mol. The fourth-order valence-corrected chi connectivity index (χ4v) is 2.43. The summed E-state index contributed by atoms with van der Waals surface area (Å²) < 4.78 is 4.95. The number of ether oxygens (including phenoxy) is 1. The second-order valence-corrected chi connectivity index (χ2v) is 5.75. The number of carbonyl (C=O) groups excluding carboxylic acids is 2. The SMILES string of the molecule is CNc1ccc([N+](=O)[O-])cc1C(=O)OCC(=O)Nc1ccc(C)cc1Cl. The van der Waals surface area contributed by atoms with E-state index in [1.54, 1.807) is 25.2 Å². The van der Waals surface area contributed by atoms with Gasteiger partial charge < -0.3 is 15.4 Å². The smallest absolute Gasteiger partial charge is 0.341 e. The molecule has 0 aliphatic heterocycles. The van der Waals surface area contributed by atoms with Crippen molar-refractivity contribution < 1.29 is 19.2 Å². The zero-order valence-electron chi connectivity index (χ0n) is 14.0. The Morgan fingerprint density at radius 2 is 1.88 bits per heavy atom. The van der Waals surface area contributed by atoms with Crippen molar-refractivity contribution >= 4 is 40.5 Å². The molecule has 0 aliphatic rings. The van der Waals surface area contributed by atoms with Gasteiger partial charge in [-0.15, -0.1) is 0 Å². The number of benzene rings is 2. The van der Waals surface area contributed by atoms with Gasteiger partial charge in [-0.1, -0.05) is 17.7 Å². The molecule has 0 aliphatic carbocycles. The highest BCUT2D eigenvalue weighted by molar-refractivity contribution is 6.33. The van der Waals surface area contributed by atoms with E-state index in [4.69, 9.17) is 16.3 Å². The predicted octanol–water partition coefficient (Wildman–Crippen LogP) is 3.39. The van der Waals surface area contributed by atoms with Gasteiger partial charge in [0.15, 0.2) is 6.61 Å². The Morgan fingerprint density at radius 3 is 2.50 bits per heavy atom. The molecule has 0 heterocycles. The van der Waals surface area contributed by atoms with Gasteiger partial charge in [-0.2, -0.15) is 0 Å². The van der Waals surface area contributed by atoms with E-state index in [0.717, 1.165) is 11.6 Å². The molecule has 2 aromatic rings. The van der Waals surface area contributed by atoms with Crippen molar-refractivity contribution in [3.63, 3.8) is 0 Å². The van der Waals surface area contributed by atoms with Crippen LogP contribution in [0.4, 0.5) is 17.1 Å². The van der Waals surface area contributed by atoms with Crippen molar-refractivity contribution in [3.05, 3.63) is 62.7 Å². The average molecular weight is 378 g/mol. The minimum absolute atomic E-state index is 0.0390. The summed E-state index contributed by atoms with van der Waals surface area (Å²) in [6.07, 6.45) is 0. The fourth-order valence-electron chi connectivity index (χ4n) is 2.15. The third kappa shape index (κ3) is 4.70. The Hall–Kier alpha value is -3.13. The fraction of sp³-hybridized carbons (Fsp3) is 0.176. The molecule has 2 aromatic carbocycles. The summed E-state index contributed by atoms with van der Waals surface area (Å²) in [5, 5.41) is 16.5. The molecule has 0 saturated carbocycles. The van der Waals surface area contributed by atoms with Crippen molar-refractivity contribution in [2.75, 3.05) is 24.3 Å². The number of nitrogens with zero attached hydrogens (tertiary/aromatic N) is 1. The summed E-state index contributed by atoms with van der Waals surface area (Å²) in [5.74, 6) is -1.44. The number of non-ortho nitro benzene ring substituents is 1. The number of nitrogens with one attached hydrogen (secondary N) is 2. The third-order valence-corrected chi connectivity index (χ3v) is 3.75. The van der Waals surface area contributed by atoms with Crippen LogP contribution in [0.2, 0.25) is 5.02 Å². The number of aryl methyl sites for hydroxylation is 1. The van der Waals surface area contributed by atoms with E-state index in [1.807, 2.05) is 6.92 Å². The second-order valence-electron chi connectivity index (χ2n) is 5.34. The van der Waals surface area contributed by atoms with Gasteiger partial charge in [0.2, 0.25) is 0 Å². The highest BCUT2D eigenvalue weighted by Crippen LogP contribution is 2.24. The number of nitro groups is 1. The lowest BCUT2D eigenvalue weighted by molar-refractivity contribution is -0.384. The average Bonchev–Trinajstić information content (AvgIpc) is 2.61. The minimum Gasteiger partial charge on any atom is -0.452 e. The number of halogens is 1. The molecule has 8 nitrogen and oxygen atoms in total. The van der Waals surface area contributed by atoms with Crippen LogP contribution in [0.3, 0.4) is 0 Å². The molecule has 0 radical (unpaired) electrons. The van der Waals surface area contributed by atoms with Crippen molar-refractivity contribution in [3.8, 4) is 0 Å². The van der Waals surface area contributed by atoms with Crippen LogP contribution < -0.4 is 10.6 Å². The molecular formula is C17H16ClN3O5. The Morgan fingerprint density at radius 1 is 1.19 bits per heavy atom. The van der Waals surface area contributed by atoms with Crippen LogP contribution in [0.15, 0.2) is 36.4 Å². The number of carbonyl (C=O) groups is 2. The second kappa shape index (κ2) is 8.30. The van der Waals surface area contributed by atoms with Crippen molar-refractivity contribution in [1.82, 2.24) is 0 Å². The first-order valence-electron chi connectivity index (χ1n) is 7.51. The Bertz CT molecular complexity index is 869. The molecule has 0 aromatic heterocycles. The lowest BCUT2D eigenvalue weighted by atomic mass is 10.1. The Kier molecular flexibility index (Phi) is 6.13. The first-order valence-corrected chi connectivity index (χ1v) is 7.89. The highest BCUT2D eigenvalue weighted by Gasteiger charge is 2.18. The molecule has 26 heavy (non-hydrogen) atoms. The molecule has 0 fully saturated rings. The van der Waals surface area contributed by atoms with E-state index in [9.17, 15) is 19.7 Å². The van der Waals surface area contributed by atoms with Crippen LogP contribution in [0.25, 0.3) is 0 Å². The Labute approximate surface area is 154 Å². The molecule has 9 heteroatoms. The number of hydrogen-bond donors (Lipinski definition) is 2. The number of nitro benzene ring substituents is 1. The maximum atomic E-state index is 12.2. The molecule has 0 spiro atoms. The summed E-state index contributed by atoms with van der Waals surface area (Å²) in [5.41, 5.74) is 1.38. The zero-order chi connectivity index (χ0) is 19.3. The molecule has 2 N–H and O–H groups in total. The maximum Gasteiger partial charge on any atom is 0.341 e. The first kappa shape index (κ1) is 19.2. The van der Waals surface area contributed by atoms with Crippen LogP contribution in [0.5, 0.6) is 0 Å². The van der Waals surface area contributed by atoms with Crippen LogP contribution in [0.1, 0.15) is 15.9 Å². The lowest BCUT2D eigenvalue weighted by Crippen LogP contribution is -2.21. The van der Waals surface area contributed by atoms with Crippen LogP contribution in [-0.4, -0.2) is 30.5 Å². The van der Waals surface area contributed by atoms with E-state index in [0.29, 0.717) is 16.4 Å². The van der Waals surface area contributed by atoms with Crippen LogP contribution in [-0.2, 0) is 9.53 Å². The van der Waals surface area contributed by atoms with Crippen molar-refractivity contribution in [2.24, 2.45) is 0 Å². The van der Waals surface area contributed by atoms with E-state index in [-0.39, 0.29) is 11.3 Å². The highest BCUT2D eigenvalue weighted by atomic mass is 35.5. The van der Waals surface area contributed by atoms with E-state index < -0.39 is 23.4 Å². The summed E-state index contributed by atoms with van der Waals surface area (Å²) in [4.78, 5) is 34.4. The normalized spacial score (nSPS) is 10.1. The lowest BCUT2D eigenvalue weighted by Gasteiger charge is -2.10. The summed E-state index contributed by atoms with van der Waals surface area (Å²) in [6.45, 7) is 1.30. The quantitative estimate of drug-likeness (QED) is 0.453. The summed E-state index contributed by atoms with van der Waals surface area (Å²) >= 11 is 6.02. The van der Waals surface area contributed by atoms with Gasteiger partial charge in [0.25, 0.3) is 11.6 Å². The largest absolute Gasteiger partial charge is 0.452 e. The number of esters is 1. The molecule has 0 saturated heterocycles. The topological polar surface area (TPSA) is 111 Å². The van der Waals surface area contributed by atoms with Gasteiger partial charge in [-0.25, -0.2) is 4.79 Å². The zero-order valence-corrected chi connectivity index (χ0v) is 14.8. The van der Waals surface area contributed by atoms with Gasteiger partial charge in [-0.3, -0.25) is 14.9 Å². The number of anilines is 2. The molecule has 1 amide bonds. The first-order chi connectivity index (χ1) is 12.3. The molecule has 0 bridgehead atoms. The van der Waals surface area contributed by atoms with E-state index in [1.165, 1.54) is 12.1 Å². The van der Waals surface area contributed by atoms with Gasteiger partial charge >= 0.3 is 5.97 Å². The van der Waals surface area contributed by atoms with E-state index in [2.05, 4.69) is 10.6 Å². The molecule has 2 rings (SSSR count). The third-order valence-electron chi connectivity index (χ3n) is 3.44. The Balaban J connectivity index is 2.05. The van der Waals surface area contributed by atoms with Crippen molar-refractivity contribution in [2.45, 2.75) is 6.92 Å². The van der Waals surface area contributed by atoms with E-state index >= 15 is 0 Å². The number of rotatable bonds is 6.